The summed E-state index contributed by atoms with van der Waals surface area (Å²) in [6.07, 6.45) is 2.52. The van der Waals surface area contributed by atoms with Crippen molar-refractivity contribution in [2.45, 2.75) is 12.5 Å². The number of hydrogen-bond acceptors (Lipinski definition) is 11. The second-order valence-electron chi connectivity index (χ2n) is 10.1. The van der Waals surface area contributed by atoms with E-state index < -0.39 is 0 Å². The summed E-state index contributed by atoms with van der Waals surface area (Å²) in [6.45, 7) is 11.1. The summed E-state index contributed by atoms with van der Waals surface area (Å²) in [7, 11) is 1.99. The van der Waals surface area contributed by atoms with E-state index in [1.54, 1.807) is 6.20 Å². The zero-order chi connectivity index (χ0) is 28.4. The van der Waals surface area contributed by atoms with E-state index in [4.69, 9.17) is 33.4 Å². The van der Waals surface area contributed by atoms with Crippen LogP contribution in [0.25, 0.3) is 0 Å². The predicted octanol–water partition coefficient (Wildman–Crippen LogP) is 1.89. The minimum absolute atomic E-state index is 0.0888. The van der Waals surface area contributed by atoms with Gasteiger partial charge < -0.3 is 33.3 Å². The molecule has 0 spiro atoms. The average Bonchev–Trinajstić information content (AvgIpc) is 3.00. The number of rotatable bonds is 4. The van der Waals surface area contributed by atoms with E-state index >= 15 is 0 Å². The Balaban J connectivity index is 1.47. The van der Waals surface area contributed by atoms with E-state index in [1.165, 1.54) is 0 Å². The smallest absolute Gasteiger partial charge is 0.134 e. The van der Waals surface area contributed by atoms with E-state index in [0.717, 1.165) is 56.5 Å². The zero-order valence-corrected chi connectivity index (χ0v) is 24.5. The summed E-state index contributed by atoms with van der Waals surface area (Å²) in [5, 5.41) is 0. The van der Waals surface area contributed by atoms with Crippen LogP contribution in [0.2, 0.25) is 0 Å². The Morgan fingerprint density at radius 1 is 0.659 bits per heavy atom. The van der Waals surface area contributed by atoms with Crippen LogP contribution in [-0.4, -0.2) is 145 Å². The van der Waals surface area contributed by atoms with Gasteiger partial charge in [0.15, 0.2) is 0 Å². The van der Waals surface area contributed by atoms with Crippen LogP contribution in [0.5, 0.6) is 0 Å². The number of nitrogens with zero attached hydrogens (tertiary/aromatic N) is 5. The maximum atomic E-state index is 6.18. The third kappa shape index (κ3) is 11.9. The Morgan fingerprint density at radius 2 is 1.22 bits per heavy atom. The molecule has 1 atom stereocenters. The van der Waals surface area contributed by atoms with Crippen LogP contribution in [0.3, 0.4) is 0 Å². The summed E-state index contributed by atoms with van der Waals surface area (Å²) in [5.74, 6) is 1.70. The van der Waals surface area contributed by atoms with Gasteiger partial charge in [0, 0.05) is 64.1 Å². The van der Waals surface area contributed by atoms with Gasteiger partial charge >= 0.3 is 0 Å². The highest BCUT2D eigenvalue weighted by atomic mass is 16.5. The maximum absolute atomic E-state index is 6.18. The first-order valence-electron chi connectivity index (χ1n) is 14.8. The van der Waals surface area contributed by atoms with Gasteiger partial charge in [-0.25, -0.2) is 9.97 Å². The molecule has 228 valence electrons. The first-order chi connectivity index (χ1) is 20.3. The van der Waals surface area contributed by atoms with Gasteiger partial charge in [-0.3, -0.25) is 9.80 Å². The van der Waals surface area contributed by atoms with Crippen molar-refractivity contribution < 1.29 is 28.4 Å². The SMILES string of the molecule is CN(c1ccccn1)c1cccc(CC2COCCOCCN3CCOCCOCCN2CCOCCOCC3)n1. The molecule has 2 aromatic rings. The standard InChI is InChI=1S/C30H47N5O6/c1-33(29-6-2-3-8-31-29)30-7-4-5-27(32-30)25-28-26-41-24-23-38-16-11-34-9-14-36-19-21-39-17-12-35(28)13-18-40-22-20-37-15-10-34/h2-8,28H,9-26H2,1H3. The largest absolute Gasteiger partial charge is 0.378 e. The van der Waals surface area contributed by atoms with E-state index in [1.807, 2.05) is 36.2 Å². The number of hydrogen-bond donors (Lipinski definition) is 0. The highest BCUT2D eigenvalue weighted by molar-refractivity contribution is 5.54. The minimum atomic E-state index is 0.0888. The van der Waals surface area contributed by atoms with Gasteiger partial charge in [0.2, 0.25) is 0 Å². The lowest BCUT2D eigenvalue weighted by atomic mass is 10.1. The van der Waals surface area contributed by atoms with Crippen molar-refractivity contribution >= 4 is 11.6 Å². The molecule has 0 N–H and O–H groups in total. The summed E-state index contributed by atoms with van der Waals surface area (Å²) in [4.78, 5) is 16.2. The summed E-state index contributed by atoms with van der Waals surface area (Å²) >= 11 is 0. The molecule has 5 heterocycles. The highest BCUT2D eigenvalue weighted by Crippen LogP contribution is 2.20. The molecule has 1 unspecified atom stereocenters. The molecule has 2 bridgehead atoms. The average molecular weight is 574 g/mol. The molecule has 3 fully saturated rings. The first kappa shape index (κ1) is 31.7. The Morgan fingerprint density at radius 3 is 1.80 bits per heavy atom. The third-order valence-corrected chi connectivity index (χ3v) is 7.22. The van der Waals surface area contributed by atoms with Crippen molar-refractivity contribution in [3.8, 4) is 0 Å². The molecule has 41 heavy (non-hydrogen) atoms. The van der Waals surface area contributed by atoms with E-state index in [-0.39, 0.29) is 6.04 Å². The molecule has 3 saturated heterocycles. The fourth-order valence-corrected chi connectivity index (χ4v) is 4.81. The molecule has 11 heteroatoms. The second kappa shape index (κ2) is 19.1. The quantitative estimate of drug-likeness (QED) is 0.537. The number of ether oxygens (including phenoxy) is 6. The third-order valence-electron chi connectivity index (χ3n) is 7.22. The van der Waals surface area contributed by atoms with Gasteiger partial charge in [-0.1, -0.05) is 12.1 Å². The summed E-state index contributed by atoms with van der Waals surface area (Å²) < 4.78 is 35.7. The molecular weight excluding hydrogens is 526 g/mol. The van der Waals surface area contributed by atoms with Crippen LogP contribution in [0.4, 0.5) is 11.6 Å². The molecule has 0 aliphatic carbocycles. The van der Waals surface area contributed by atoms with Crippen LogP contribution in [0.15, 0.2) is 42.6 Å². The van der Waals surface area contributed by atoms with E-state index in [2.05, 4.69) is 26.9 Å². The molecule has 3 aliphatic heterocycles. The van der Waals surface area contributed by atoms with Crippen LogP contribution in [0, 0.1) is 0 Å². The number of aromatic nitrogens is 2. The fraction of sp³-hybridized carbons (Fsp3) is 0.667. The van der Waals surface area contributed by atoms with Crippen molar-refractivity contribution in [1.82, 2.24) is 19.8 Å². The van der Waals surface area contributed by atoms with Gasteiger partial charge in [0.25, 0.3) is 0 Å². The van der Waals surface area contributed by atoms with Gasteiger partial charge in [-0.2, -0.15) is 0 Å². The number of pyridine rings is 2. The number of anilines is 2. The van der Waals surface area contributed by atoms with E-state index in [0.29, 0.717) is 79.3 Å². The molecule has 0 saturated carbocycles. The van der Waals surface area contributed by atoms with Gasteiger partial charge in [0.1, 0.15) is 11.6 Å². The highest BCUT2D eigenvalue weighted by Gasteiger charge is 2.21. The topological polar surface area (TPSA) is 90.9 Å². The molecule has 0 radical (unpaired) electrons. The lowest BCUT2D eigenvalue weighted by Gasteiger charge is -2.32. The summed E-state index contributed by atoms with van der Waals surface area (Å²) in [6, 6.07) is 12.1. The maximum Gasteiger partial charge on any atom is 0.134 e. The first-order valence-corrected chi connectivity index (χ1v) is 14.8. The monoisotopic (exact) mass is 573 g/mol. The lowest BCUT2D eigenvalue weighted by Crippen LogP contribution is -2.44. The fourth-order valence-electron chi connectivity index (χ4n) is 4.81. The number of fused-ring (bicyclic) bond motifs is 21. The van der Waals surface area contributed by atoms with Gasteiger partial charge in [0.05, 0.1) is 79.3 Å². The zero-order valence-electron chi connectivity index (χ0n) is 24.5. The Hall–Kier alpha value is -2.22. The van der Waals surface area contributed by atoms with Gasteiger partial charge in [-0.15, -0.1) is 0 Å². The molecule has 2 aromatic heterocycles. The molecule has 11 nitrogen and oxygen atoms in total. The van der Waals surface area contributed by atoms with Crippen LogP contribution in [0.1, 0.15) is 5.69 Å². The predicted molar refractivity (Wildman–Crippen MR) is 157 cm³/mol. The van der Waals surface area contributed by atoms with Crippen molar-refractivity contribution in [2.75, 3.05) is 124 Å². The normalized spacial score (nSPS) is 25.2. The molecule has 0 amide bonds. The summed E-state index contributed by atoms with van der Waals surface area (Å²) in [5.41, 5.74) is 0.994. The van der Waals surface area contributed by atoms with E-state index in [9.17, 15) is 0 Å². The second-order valence-corrected chi connectivity index (χ2v) is 10.1. The van der Waals surface area contributed by atoms with Crippen LogP contribution < -0.4 is 4.90 Å². The van der Waals surface area contributed by atoms with Crippen molar-refractivity contribution in [2.24, 2.45) is 0 Å². The molecule has 5 rings (SSSR count). The Bertz CT molecular complexity index is 938. The molecule has 0 aromatic carbocycles. The lowest BCUT2D eigenvalue weighted by molar-refractivity contribution is -0.0240. The minimum Gasteiger partial charge on any atom is -0.378 e. The van der Waals surface area contributed by atoms with Crippen molar-refractivity contribution in [3.63, 3.8) is 0 Å². The molecular formula is C30H47N5O6. The van der Waals surface area contributed by atoms with Crippen LogP contribution in [-0.2, 0) is 34.8 Å². The molecule has 3 aliphatic rings. The van der Waals surface area contributed by atoms with Crippen LogP contribution >= 0.6 is 0 Å². The van der Waals surface area contributed by atoms with Gasteiger partial charge in [-0.05, 0) is 24.3 Å². The Kier molecular flexibility index (Phi) is 14.7. The van der Waals surface area contributed by atoms with Crippen molar-refractivity contribution in [3.05, 3.63) is 48.3 Å². The van der Waals surface area contributed by atoms with Crippen molar-refractivity contribution in [1.29, 1.82) is 0 Å². The Labute approximate surface area is 244 Å².